The minimum absolute atomic E-state index is 0.418. The van der Waals surface area contributed by atoms with Gasteiger partial charge in [-0.25, -0.2) is 9.98 Å². The number of hydrogen-bond acceptors (Lipinski definition) is 5. The summed E-state index contributed by atoms with van der Waals surface area (Å²) in [6, 6.07) is 56.8. The molecule has 1 unspecified atom stereocenters. The van der Waals surface area contributed by atoms with Gasteiger partial charge in [0.25, 0.3) is 0 Å². The molecule has 0 aliphatic carbocycles. The Hall–Kier alpha value is -6.98. The average molecular weight is 668 g/mol. The Bertz CT molecular complexity index is 3110. The molecule has 5 nitrogen and oxygen atoms in total. The fourth-order valence-electron chi connectivity index (χ4n) is 7.96. The lowest BCUT2D eigenvalue weighted by Crippen LogP contribution is -2.33. The number of rotatable bonds is 4. The molecular weight excluding hydrogens is 639 g/mol. The highest BCUT2D eigenvalue weighted by Crippen LogP contribution is 2.41. The van der Waals surface area contributed by atoms with Crippen LogP contribution in [-0.4, -0.2) is 11.7 Å². The molecule has 52 heavy (non-hydrogen) atoms. The van der Waals surface area contributed by atoms with E-state index in [0.717, 1.165) is 82.9 Å². The van der Waals surface area contributed by atoms with Crippen molar-refractivity contribution in [3.63, 3.8) is 0 Å². The molecule has 0 amide bonds. The first kappa shape index (κ1) is 28.8. The third kappa shape index (κ3) is 4.42. The van der Waals surface area contributed by atoms with E-state index in [-0.39, 0.29) is 0 Å². The van der Waals surface area contributed by atoms with E-state index < -0.39 is 6.17 Å². The van der Waals surface area contributed by atoms with Crippen molar-refractivity contribution in [1.29, 1.82) is 0 Å². The second-order valence-corrected chi connectivity index (χ2v) is 13.3. The van der Waals surface area contributed by atoms with Crippen molar-refractivity contribution >= 4 is 77.1 Å². The van der Waals surface area contributed by atoms with E-state index in [1.54, 1.807) is 0 Å². The summed E-state index contributed by atoms with van der Waals surface area (Å²) < 4.78 is 12.7. The summed E-state index contributed by atoms with van der Waals surface area (Å²) in [6.45, 7) is 0. The molecular formula is C47H29N3O2. The van der Waals surface area contributed by atoms with Gasteiger partial charge in [-0.15, -0.1) is 0 Å². The van der Waals surface area contributed by atoms with E-state index in [4.69, 9.17) is 18.8 Å². The summed E-state index contributed by atoms with van der Waals surface area (Å²) in [4.78, 5) is 10.9. The van der Waals surface area contributed by atoms with Gasteiger partial charge in [0, 0.05) is 38.2 Å². The van der Waals surface area contributed by atoms with Crippen molar-refractivity contribution in [3.05, 3.63) is 180 Å². The molecule has 1 aliphatic rings. The van der Waals surface area contributed by atoms with E-state index >= 15 is 0 Å². The van der Waals surface area contributed by atoms with Gasteiger partial charge in [0.05, 0.1) is 0 Å². The minimum Gasteiger partial charge on any atom is -0.456 e. The van der Waals surface area contributed by atoms with Gasteiger partial charge in [-0.05, 0) is 75.1 Å². The third-order valence-electron chi connectivity index (χ3n) is 10.3. The highest BCUT2D eigenvalue weighted by Gasteiger charge is 2.27. The molecule has 11 rings (SSSR count). The fourth-order valence-corrected chi connectivity index (χ4v) is 7.96. The number of nitrogens with zero attached hydrogens (tertiary/aromatic N) is 2. The van der Waals surface area contributed by atoms with Crippen molar-refractivity contribution in [2.24, 2.45) is 9.98 Å². The molecule has 0 saturated carbocycles. The third-order valence-corrected chi connectivity index (χ3v) is 10.3. The van der Waals surface area contributed by atoms with Gasteiger partial charge in [-0.2, -0.15) is 0 Å². The largest absolute Gasteiger partial charge is 0.456 e. The van der Waals surface area contributed by atoms with Crippen LogP contribution in [0, 0.1) is 0 Å². The summed E-state index contributed by atoms with van der Waals surface area (Å²) in [6.07, 6.45) is -0.418. The molecule has 10 aromatic rings. The van der Waals surface area contributed by atoms with Crippen LogP contribution in [0.15, 0.2) is 183 Å². The van der Waals surface area contributed by atoms with Crippen LogP contribution in [0.25, 0.3) is 76.5 Å². The van der Waals surface area contributed by atoms with Gasteiger partial charge in [-0.3, -0.25) is 0 Å². The summed E-state index contributed by atoms with van der Waals surface area (Å²) in [7, 11) is 0. The molecule has 3 heterocycles. The number of amidine groups is 2. The van der Waals surface area contributed by atoms with Crippen molar-refractivity contribution < 1.29 is 8.83 Å². The second-order valence-electron chi connectivity index (χ2n) is 13.3. The summed E-state index contributed by atoms with van der Waals surface area (Å²) >= 11 is 0. The molecule has 0 fully saturated rings. The molecule has 8 aromatic carbocycles. The van der Waals surface area contributed by atoms with Crippen LogP contribution in [0.4, 0.5) is 0 Å². The van der Waals surface area contributed by atoms with E-state index in [1.807, 2.05) is 42.5 Å². The Labute approximate surface area is 298 Å². The normalized spacial score (nSPS) is 14.7. The van der Waals surface area contributed by atoms with Crippen molar-refractivity contribution in [1.82, 2.24) is 5.32 Å². The predicted octanol–water partition coefficient (Wildman–Crippen LogP) is 12.0. The summed E-state index contributed by atoms with van der Waals surface area (Å²) in [5, 5.41) is 12.7. The van der Waals surface area contributed by atoms with E-state index in [9.17, 15) is 0 Å². The molecule has 2 aromatic heterocycles. The Morgan fingerprint density at radius 3 is 1.94 bits per heavy atom. The average Bonchev–Trinajstić information content (AvgIpc) is 3.78. The van der Waals surface area contributed by atoms with Gasteiger partial charge in [0.15, 0.2) is 5.84 Å². The molecule has 5 heteroatoms. The smallest absolute Gasteiger partial charge is 0.160 e. The van der Waals surface area contributed by atoms with Gasteiger partial charge in [0.2, 0.25) is 0 Å². The molecule has 0 saturated heterocycles. The van der Waals surface area contributed by atoms with Gasteiger partial charge < -0.3 is 14.2 Å². The number of furan rings is 2. The molecule has 1 N–H and O–H groups in total. The fraction of sp³-hybridized carbons (Fsp3) is 0.0213. The standard InChI is InChI=1S/C47H29N3O2/c1-2-12-28(13-3-1)45-48-46(38-27-29-14-4-5-15-31(29)33-16-6-7-17-34(33)38)50-47(49-45)44-32(23-25-42-43(44)36-19-9-11-21-40(36)52-42)30-22-24-41-37(26-30)35-18-8-10-20-39(35)51-41/h1-27,46H,(H,48,49,50). The number of aliphatic imine (C=N–C) groups is 2. The Morgan fingerprint density at radius 1 is 0.462 bits per heavy atom. The number of fused-ring (bicyclic) bond motifs is 9. The van der Waals surface area contributed by atoms with Crippen LogP contribution in [0.2, 0.25) is 0 Å². The quantitative estimate of drug-likeness (QED) is 0.190. The molecule has 0 spiro atoms. The van der Waals surface area contributed by atoms with Crippen LogP contribution < -0.4 is 5.32 Å². The SMILES string of the molecule is c1ccc(C2=NC(c3c(-c4ccc5oc6ccccc6c5c4)ccc4oc5ccccc5c34)=NC(c3cc4ccccc4c4ccccc34)N2)cc1. The van der Waals surface area contributed by atoms with Crippen LogP contribution in [0.1, 0.15) is 22.9 Å². The highest BCUT2D eigenvalue weighted by molar-refractivity contribution is 6.25. The van der Waals surface area contributed by atoms with Crippen LogP contribution in [0.5, 0.6) is 0 Å². The molecule has 1 aliphatic heterocycles. The lowest BCUT2D eigenvalue weighted by Gasteiger charge is -2.26. The number of nitrogens with one attached hydrogen (secondary N) is 1. The number of para-hydroxylation sites is 2. The first-order chi connectivity index (χ1) is 25.8. The predicted molar refractivity (Wildman–Crippen MR) is 213 cm³/mol. The Morgan fingerprint density at radius 2 is 1.10 bits per heavy atom. The van der Waals surface area contributed by atoms with E-state index in [1.165, 1.54) is 16.2 Å². The molecule has 0 bridgehead atoms. The number of benzene rings is 8. The lowest BCUT2D eigenvalue weighted by atomic mass is 9.92. The maximum Gasteiger partial charge on any atom is 0.160 e. The number of hydrogen-bond donors (Lipinski definition) is 1. The van der Waals surface area contributed by atoms with Gasteiger partial charge in [0.1, 0.15) is 34.3 Å². The zero-order valence-corrected chi connectivity index (χ0v) is 27.9. The lowest BCUT2D eigenvalue weighted by molar-refractivity contribution is 0.668. The van der Waals surface area contributed by atoms with Gasteiger partial charge in [-0.1, -0.05) is 121 Å². The zero-order chi connectivity index (χ0) is 34.2. The Kier molecular flexibility index (Phi) is 6.25. The van der Waals surface area contributed by atoms with Gasteiger partial charge >= 0.3 is 0 Å². The van der Waals surface area contributed by atoms with Crippen molar-refractivity contribution in [3.8, 4) is 11.1 Å². The monoisotopic (exact) mass is 667 g/mol. The second kappa shape index (κ2) is 11.3. The van der Waals surface area contributed by atoms with E-state index in [2.05, 4.69) is 127 Å². The zero-order valence-electron chi connectivity index (χ0n) is 27.9. The van der Waals surface area contributed by atoms with Crippen LogP contribution in [0.3, 0.4) is 0 Å². The topological polar surface area (TPSA) is 63.0 Å². The Balaban J connectivity index is 1.22. The maximum atomic E-state index is 6.48. The first-order valence-corrected chi connectivity index (χ1v) is 17.5. The minimum atomic E-state index is -0.418. The van der Waals surface area contributed by atoms with Crippen molar-refractivity contribution in [2.45, 2.75) is 6.17 Å². The summed E-state index contributed by atoms with van der Waals surface area (Å²) in [5.74, 6) is 1.41. The molecule has 0 radical (unpaired) electrons. The molecule has 244 valence electrons. The van der Waals surface area contributed by atoms with Crippen LogP contribution >= 0.6 is 0 Å². The molecule has 1 atom stereocenters. The van der Waals surface area contributed by atoms with E-state index in [0.29, 0.717) is 5.84 Å². The van der Waals surface area contributed by atoms with Crippen molar-refractivity contribution in [2.75, 3.05) is 0 Å². The maximum absolute atomic E-state index is 6.48. The highest BCUT2D eigenvalue weighted by atomic mass is 16.3. The van der Waals surface area contributed by atoms with Crippen LogP contribution in [-0.2, 0) is 0 Å². The first-order valence-electron chi connectivity index (χ1n) is 17.5. The summed E-state index contributed by atoms with van der Waals surface area (Å²) in [5.41, 5.74) is 8.42.